The summed E-state index contributed by atoms with van der Waals surface area (Å²) in [6.45, 7) is 6.38. The fourth-order valence-electron chi connectivity index (χ4n) is 2.32. The van der Waals surface area contributed by atoms with Crippen molar-refractivity contribution in [2.24, 2.45) is 5.92 Å². The zero-order valence-electron chi connectivity index (χ0n) is 11.3. The topological polar surface area (TPSA) is 32.3 Å². The third-order valence-corrected chi connectivity index (χ3v) is 4.14. The van der Waals surface area contributed by atoms with Gasteiger partial charge in [-0.1, -0.05) is 19.9 Å². The molecule has 0 heterocycles. The molecule has 1 aromatic rings. The highest BCUT2D eigenvalue weighted by molar-refractivity contribution is 5.35. The van der Waals surface area contributed by atoms with Crippen molar-refractivity contribution >= 4 is 0 Å². The second kappa shape index (κ2) is 4.98. The molecule has 1 aliphatic carbocycles. The van der Waals surface area contributed by atoms with Crippen molar-refractivity contribution < 1.29 is 9.50 Å². The molecule has 0 fully saturated rings. The van der Waals surface area contributed by atoms with E-state index in [1.807, 2.05) is 26.8 Å². The van der Waals surface area contributed by atoms with Crippen molar-refractivity contribution in [2.45, 2.75) is 45.3 Å². The van der Waals surface area contributed by atoms with Gasteiger partial charge in [-0.25, -0.2) is 4.39 Å². The Hall–Kier alpha value is -0.930. The van der Waals surface area contributed by atoms with Crippen LogP contribution in [0.5, 0.6) is 0 Å². The van der Waals surface area contributed by atoms with E-state index < -0.39 is 5.60 Å². The summed E-state index contributed by atoms with van der Waals surface area (Å²) >= 11 is 0. The van der Waals surface area contributed by atoms with E-state index >= 15 is 0 Å². The van der Waals surface area contributed by atoms with Gasteiger partial charge in [0, 0.05) is 12.6 Å². The molecule has 1 aromatic carbocycles. The molecule has 0 saturated heterocycles. The Morgan fingerprint density at radius 2 is 2.22 bits per heavy atom. The molecule has 18 heavy (non-hydrogen) atoms. The van der Waals surface area contributed by atoms with Gasteiger partial charge in [0.05, 0.1) is 5.60 Å². The predicted molar refractivity (Wildman–Crippen MR) is 70.9 cm³/mol. The number of hydrogen-bond acceptors (Lipinski definition) is 2. The van der Waals surface area contributed by atoms with Gasteiger partial charge < -0.3 is 10.4 Å². The molecular weight excluding hydrogens is 229 g/mol. The molecular formula is C15H22FNO. The molecule has 2 N–H and O–H groups in total. The zero-order chi connectivity index (χ0) is 13.3. The lowest BCUT2D eigenvalue weighted by Gasteiger charge is -2.29. The van der Waals surface area contributed by atoms with Crippen molar-refractivity contribution in [1.29, 1.82) is 0 Å². The van der Waals surface area contributed by atoms with E-state index in [9.17, 15) is 9.50 Å². The highest BCUT2D eigenvalue weighted by atomic mass is 19.1. The zero-order valence-corrected chi connectivity index (χ0v) is 11.3. The molecule has 0 spiro atoms. The summed E-state index contributed by atoms with van der Waals surface area (Å²) in [5.41, 5.74) is 1.54. The van der Waals surface area contributed by atoms with Gasteiger partial charge >= 0.3 is 0 Å². The van der Waals surface area contributed by atoms with Crippen LogP contribution >= 0.6 is 0 Å². The van der Waals surface area contributed by atoms with Gasteiger partial charge in [0.1, 0.15) is 5.82 Å². The van der Waals surface area contributed by atoms with Gasteiger partial charge in [-0.3, -0.25) is 0 Å². The van der Waals surface area contributed by atoms with Crippen molar-refractivity contribution in [1.82, 2.24) is 5.32 Å². The number of halogens is 1. The summed E-state index contributed by atoms with van der Waals surface area (Å²) in [5, 5.41) is 13.6. The Balaban J connectivity index is 2.04. The maximum Gasteiger partial charge on any atom is 0.123 e. The van der Waals surface area contributed by atoms with Crippen LogP contribution in [0.3, 0.4) is 0 Å². The Kier molecular flexibility index (Phi) is 3.74. The lowest BCUT2D eigenvalue weighted by Crippen LogP contribution is -2.43. The summed E-state index contributed by atoms with van der Waals surface area (Å²) in [6.07, 6.45) is 1.96. The van der Waals surface area contributed by atoms with Crippen LogP contribution in [0.1, 0.15) is 44.4 Å². The average Bonchev–Trinajstić information content (AvgIpc) is 2.68. The molecule has 2 rings (SSSR count). The molecule has 100 valence electrons. The molecule has 0 amide bonds. The first-order chi connectivity index (χ1) is 8.40. The van der Waals surface area contributed by atoms with Crippen molar-refractivity contribution in [2.75, 3.05) is 6.54 Å². The third kappa shape index (κ3) is 2.73. The minimum absolute atomic E-state index is 0.168. The van der Waals surface area contributed by atoms with Gasteiger partial charge in [0.15, 0.2) is 0 Å². The van der Waals surface area contributed by atoms with Gasteiger partial charge in [-0.05, 0) is 48.9 Å². The van der Waals surface area contributed by atoms with Crippen LogP contribution < -0.4 is 5.32 Å². The van der Waals surface area contributed by atoms with Crippen molar-refractivity contribution in [3.8, 4) is 0 Å². The van der Waals surface area contributed by atoms with Crippen LogP contribution in [0.4, 0.5) is 4.39 Å². The molecule has 3 heteroatoms. The van der Waals surface area contributed by atoms with Gasteiger partial charge in [0.25, 0.3) is 0 Å². The fourth-order valence-corrected chi connectivity index (χ4v) is 2.32. The maximum absolute atomic E-state index is 13.3. The maximum atomic E-state index is 13.3. The second-order valence-corrected chi connectivity index (χ2v) is 5.83. The average molecular weight is 251 g/mol. The normalized spacial score (nSPS) is 22.0. The number of benzene rings is 1. The summed E-state index contributed by atoms with van der Waals surface area (Å²) in [5.74, 6) is 0.0106. The highest BCUT2D eigenvalue weighted by Crippen LogP contribution is 2.32. The molecule has 1 aliphatic rings. The SMILES string of the molecule is CC(C)C(C)(O)CNC1CCc2ccc(F)cc21. The van der Waals surface area contributed by atoms with E-state index in [4.69, 9.17) is 0 Å². The van der Waals surface area contributed by atoms with Crippen LogP contribution in [0, 0.1) is 11.7 Å². The van der Waals surface area contributed by atoms with Crippen LogP contribution in [0.15, 0.2) is 18.2 Å². The number of hydrogen-bond donors (Lipinski definition) is 2. The van der Waals surface area contributed by atoms with E-state index in [0.717, 1.165) is 18.4 Å². The standard InChI is InChI=1S/C15H22FNO/c1-10(2)15(3,18)9-17-14-7-5-11-4-6-12(16)8-13(11)14/h4,6,8,10,14,17-18H,5,7,9H2,1-3H3. The summed E-state index contributed by atoms with van der Waals surface area (Å²) in [6, 6.07) is 5.17. The van der Waals surface area contributed by atoms with E-state index in [1.54, 1.807) is 6.07 Å². The first kappa shape index (κ1) is 13.5. The lowest BCUT2D eigenvalue weighted by atomic mass is 9.92. The predicted octanol–water partition coefficient (Wildman–Crippen LogP) is 2.81. The van der Waals surface area contributed by atoms with Crippen molar-refractivity contribution in [3.05, 3.63) is 35.1 Å². The van der Waals surface area contributed by atoms with E-state index in [2.05, 4.69) is 5.32 Å². The summed E-state index contributed by atoms with van der Waals surface area (Å²) < 4.78 is 13.3. The molecule has 2 atom stereocenters. The van der Waals surface area contributed by atoms with E-state index in [1.165, 1.54) is 11.6 Å². The van der Waals surface area contributed by atoms with E-state index in [0.29, 0.717) is 6.54 Å². The lowest BCUT2D eigenvalue weighted by molar-refractivity contribution is 0.0118. The Morgan fingerprint density at radius 3 is 2.89 bits per heavy atom. The largest absolute Gasteiger partial charge is 0.389 e. The molecule has 0 radical (unpaired) electrons. The number of rotatable bonds is 4. The Bertz CT molecular complexity index is 429. The first-order valence-electron chi connectivity index (χ1n) is 6.64. The van der Waals surface area contributed by atoms with Crippen LogP contribution in [-0.2, 0) is 6.42 Å². The number of aryl methyl sites for hydroxylation is 1. The monoisotopic (exact) mass is 251 g/mol. The van der Waals surface area contributed by atoms with Gasteiger partial charge in [-0.2, -0.15) is 0 Å². The number of nitrogens with one attached hydrogen (secondary N) is 1. The fraction of sp³-hybridized carbons (Fsp3) is 0.600. The van der Waals surface area contributed by atoms with Crippen LogP contribution in [-0.4, -0.2) is 17.3 Å². The minimum atomic E-state index is -0.726. The molecule has 2 nitrogen and oxygen atoms in total. The smallest absolute Gasteiger partial charge is 0.123 e. The second-order valence-electron chi connectivity index (χ2n) is 5.83. The Labute approximate surface area is 108 Å². The van der Waals surface area contributed by atoms with E-state index in [-0.39, 0.29) is 17.8 Å². The minimum Gasteiger partial charge on any atom is -0.389 e. The first-order valence-corrected chi connectivity index (χ1v) is 6.64. The van der Waals surface area contributed by atoms with Gasteiger partial charge in [-0.15, -0.1) is 0 Å². The molecule has 2 unspecified atom stereocenters. The Morgan fingerprint density at radius 1 is 1.50 bits per heavy atom. The molecule has 0 bridgehead atoms. The van der Waals surface area contributed by atoms with Crippen LogP contribution in [0.25, 0.3) is 0 Å². The van der Waals surface area contributed by atoms with Crippen molar-refractivity contribution in [3.63, 3.8) is 0 Å². The van der Waals surface area contributed by atoms with Crippen LogP contribution in [0.2, 0.25) is 0 Å². The quantitative estimate of drug-likeness (QED) is 0.862. The number of aliphatic hydroxyl groups is 1. The number of fused-ring (bicyclic) bond motifs is 1. The summed E-state index contributed by atoms with van der Waals surface area (Å²) in [7, 11) is 0. The molecule has 0 aliphatic heterocycles. The third-order valence-electron chi connectivity index (χ3n) is 4.14. The highest BCUT2D eigenvalue weighted by Gasteiger charge is 2.28. The molecule has 0 aromatic heterocycles. The molecule has 0 saturated carbocycles. The van der Waals surface area contributed by atoms with Gasteiger partial charge in [0.2, 0.25) is 0 Å². The summed E-state index contributed by atoms with van der Waals surface area (Å²) in [4.78, 5) is 0.